The highest BCUT2D eigenvalue weighted by Crippen LogP contribution is 2.36. The molecule has 0 unspecified atom stereocenters. The van der Waals surface area contributed by atoms with Gasteiger partial charge < -0.3 is 24.8 Å². The summed E-state index contributed by atoms with van der Waals surface area (Å²) >= 11 is 5.95. The molecule has 0 atom stereocenters. The van der Waals surface area contributed by atoms with Crippen molar-refractivity contribution in [3.05, 3.63) is 106 Å². The minimum absolute atomic E-state index is 0.0107. The first-order valence-corrected chi connectivity index (χ1v) is 11.8. The van der Waals surface area contributed by atoms with E-state index in [-0.39, 0.29) is 40.6 Å². The number of carbonyl (C=O) groups excluding carboxylic acids is 2. The van der Waals surface area contributed by atoms with E-state index in [4.69, 9.17) is 21.1 Å². The van der Waals surface area contributed by atoms with Crippen molar-refractivity contribution in [3.63, 3.8) is 0 Å². The molecule has 1 aliphatic rings. The largest absolute Gasteiger partial charge is 0.478 e. The lowest BCUT2D eigenvalue weighted by molar-refractivity contribution is 0.0698. The SMILES string of the molecule is CN(c1ccc(Cl)cc1)c1ccc(C(=O)c2ccc(NC(=O)c3cccc4c3OCO4)c(C(=O)O)c2)nc1. The van der Waals surface area contributed by atoms with Crippen molar-refractivity contribution >= 4 is 46.3 Å². The molecule has 3 aromatic carbocycles. The average molecular weight is 530 g/mol. The van der Waals surface area contributed by atoms with E-state index < -0.39 is 17.7 Å². The number of carboxylic acid groups (broad SMARTS) is 1. The average Bonchev–Trinajstić information content (AvgIpc) is 3.42. The minimum Gasteiger partial charge on any atom is -0.478 e. The molecule has 0 saturated heterocycles. The van der Waals surface area contributed by atoms with Gasteiger partial charge >= 0.3 is 5.97 Å². The van der Waals surface area contributed by atoms with Crippen molar-refractivity contribution in [2.45, 2.75) is 0 Å². The van der Waals surface area contributed by atoms with Gasteiger partial charge in [-0.2, -0.15) is 0 Å². The molecule has 1 aliphatic heterocycles. The van der Waals surface area contributed by atoms with Gasteiger partial charge in [0.1, 0.15) is 5.69 Å². The molecule has 190 valence electrons. The standard InChI is InChI=1S/C28H20ClN3O6/c1-32(18-8-6-17(29)7-9-18)19-10-12-23(30-14-19)25(33)16-5-11-22(21(13-16)28(35)36)31-27(34)20-3-2-4-24-26(20)38-15-37-24/h2-14H,15H2,1H3,(H,31,34)(H,35,36). The summed E-state index contributed by atoms with van der Waals surface area (Å²) in [6, 6.07) is 19.5. The van der Waals surface area contributed by atoms with Crippen LogP contribution in [0.4, 0.5) is 17.1 Å². The second-order valence-electron chi connectivity index (χ2n) is 8.33. The predicted molar refractivity (Wildman–Crippen MR) is 141 cm³/mol. The van der Waals surface area contributed by atoms with E-state index in [1.807, 2.05) is 24.1 Å². The maximum atomic E-state index is 13.1. The molecule has 2 N–H and O–H groups in total. The lowest BCUT2D eigenvalue weighted by Crippen LogP contribution is -2.16. The van der Waals surface area contributed by atoms with Crippen molar-refractivity contribution in [1.82, 2.24) is 4.98 Å². The summed E-state index contributed by atoms with van der Waals surface area (Å²) in [4.78, 5) is 44.1. The Hall–Kier alpha value is -4.89. The van der Waals surface area contributed by atoms with Crippen LogP contribution in [0.25, 0.3) is 0 Å². The summed E-state index contributed by atoms with van der Waals surface area (Å²) in [7, 11) is 1.86. The molecule has 0 aliphatic carbocycles. The van der Waals surface area contributed by atoms with Crippen molar-refractivity contribution in [2.24, 2.45) is 0 Å². The molecular weight excluding hydrogens is 510 g/mol. The number of amides is 1. The molecule has 5 rings (SSSR count). The van der Waals surface area contributed by atoms with E-state index in [0.717, 1.165) is 11.4 Å². The minimum atomic E-state index is -1.30. The summed E-state index contributed by atoms with van der Waals surface area (Å²) in [5, 5.41) is 13.0. The van der Waals surface area contributed by atoms with Gasteiger partial charge in [-0.15, -0.1) is 0 Å². The number of hydrogen-bond donors (Lipinski definition) is 2. The number of rotatable bonds is 7. The number of anilines is 3. The molecule has 0 bridgehead atoms. The number of aromatic carboxylic acids is 1. The van der Waals surface area contributed by atoms with E-state index in [1.54, 1.807) is 48.7 Å². The number of ether oxygens (including phenoxy) is 2. The lowest BCUT2D eigenvalue weighted by atomic mass is 10.0. The maximum Gasteiger partial charge on any atom is 0.337 e. The number of para-hydroxylation sites is 1. The fraction of sp³-hybridized carbons (Fsp3) is 0.0714. The molecule has 0 fully saturated rings. The second-order valence-corrected chi connectivity index (χ2v) is 8.76. The number of fused-ring (bicyclic) bond motifs is 1. The van der Waals surface area contributed by atoms with Crippen LogP contribution < -0.4 is 19.7 Å². The summed E-state index contributed by atoms with van der Waals surface area (Å²) in [6.07, 6.45) is 1.55. The fourth-order valence-electron chi connectivity index (χ4n) is 3.95. The Morgan fingerprint density at radius 3 is 2.42 bits per heavy atom. The third-order valence-corrected chi connectivity index (χ3v) is 6.24. The lowest BCUT2D eigenvalue weighted by Gasteiger charge is -2.19. The van der Waals surface area contributed by atoms with Gasteiger partial charge in [-0.3, -0.25) is 14.6 Å². The van der Waals surface area contributed by atoms with Gasteiger partial charge in [0, 0.05) is 23.3 Å². The summed E-state index contributed by atoms with van der Waals surface area (Å²) in [6.45, 7) is -0.0107. The van der Waals surface area contributed by atoms with E-state index in [2.05, 4.69) is 10.3 Å². The molecule has 38 heavy (non-hydrogen) atoms. The highest BCUT2D eigenvalue weighted by Gasteiger charge is 2.24. The Balaban J connectivity index is 1.36. The summed E-state index contributed by atoms with van der Waals surface area (Å²) < 4.78 is 10.6. The zero-order valence-electron chi connectivity index (χ0n) is 20.0. The Kier molecular flexibility index (Phi) is 6.68. The quantitative estimate of drug-likeness (QED) is 0.305. The van der Waals surface area contributed by atoms with Crippen LogP contribution >= 0.6 is 11.6 Å². The molecule has 1 aromatic heterocycles. The topological polar surface area (TPSA) is 118 Å². The number of ketones is 1. The van der Waals surface area contributed by atoms with Crippen molar-refractivity contribution in [1.29, 1.82) is 0 Å². The number of pyridine rings is 1. The van der Waals surface area contributed by atoms with Gasteiger partial charge in [0.05, 0.1) is 28.7 Å². The number of carbonyl (C=O) groups is 3. The molecule has 1 amide bonds. The number of benzene rings is 3. The Morgan fingerprint density at radius 1 is 0.947 bits per heavy atom. The van der Waals surface area contributed by atoms with Crippen LogP contribution in [0, 0.1) is 0 Å². The first-order valence-electron chi connectivity index (χ1n) is 11.4. The first-order chi connectivity index (χ1) is 18.3. The van der Waals surface area contributed by atoms with E-state index in [1.165, 1.54) is 18.2 Å². The molecule has 9 nitrogen and oxygen atoms in total. The van der Waals surface area contributed by atoms with Gasteiger partial charge in [0.25, 0.3) is 5.91 Å². The monoisotopic (exact) mass is 529 g/mol. The van der Waals surface area contributed by atoms with Crippen LogP contribution in [-0.4, -0.2) is 41.6 Å². The highest BCUT2D eigenvalue weighted by molar-refractivity contribution is 6.30. The third kappa shape index (κ3) is 4.87. The van der Waals surface area contributed by atoms with Crippen LogP contribution in [-0.2, 0) is 0 Å². The van der Waals surface area contributed by atoms with Crippen molar-refractivity contribution in [2.75, 3.05) is 24.1 Å². The molecule has 4 aromatic rings. The van der Waals surface area contributed by atoms with Gasteiger partial charge in [0.2, 0.25) is 12.6 Å². The van der Waals surface area contributed by atoms with Gasteiger partial charge in [-0.1, -0.05) is 17.7 Å². The molecule has 0 saturated carbocycles. The normalized spacial score (nSPS) is 11.6. The number of nitrogens with zero attached hydrogens (tertiary/aromatic N) is 2. The number of halogens is 1. The first kappa shape index (κ1) is 24.8. The van der Waals surface area contributed by atoms with Crippen LogP contribution in [0.1, 0.15) is 36.8 Å². The maximum absolute atomic E-state index is 13.1. The Morgan fingerprint density at radius 2 is 1.71 bits per heavy atom. The molecule has 2 heterocycles. The smallest absolute Gasteiger partial charge is 0.337 e. The van der Waals surface area contributed by atoms with Crippen molar-refractivity contribution in [3.8, 4) is 11.5 Å². The number of carboxylic acids is 1. The Labute approximate surface area is 222 Å². The molecular formula is C28H20ClN3O6. The van der Waals surface area contributed by atoms with Crippen LogP contribution in [0.5, 0.6) is 11.5 Å². The fourth-order valence-corrected chi connectivity index (χ4v) is 4.08. The highest BCUT2D eigenvalue weighted by atomic mass is 35.5. The predicted octanol–water partition coefficient (Wildman–Crippen LogP) is 5.41. The molecule has 10 heteroatoms. The third-order valence-electron chi connectivity index (χ3n) is 5.98. The molecule has 0 radical (unpaired) electrons. The summed E-state index contributed by atoms with van der Waals surface area (Å²) in [5.74, 6) is -1.63. The molecule has 0 spiro atoms. The van der Waals surface area contributed by atoms with Crippen LogP contribution in [0.2, 0.25) is 5.02 Å². The second kappa shape index (κ2) is 10.2. The van der Waals surface area contributed by atoms with E-state index in [0.29, 0.717) is 10.8 Å². The number of hydrogen-bond acceptors (Lipinski definition) is 7. The number of aromatic nitrogens is 1. The van der Waals surface area contributed by atoms with Crippen LogP contribution in [0.15, 0.2) is 79.0 Å². The van der Waals surface area contributed by atoms with Crippen molar-refractivity contribution < 1.29 is 29.0 Å². The number of nitrogens with one attached hydrogen (secondary N) is 1. The van der Waals surface area contributed by atoms with Gasteiger partial charge in [0.15, 0.2) is 11.5 Å². The zero-order chi connectivity index (χ0) is 26.8. The zero-order valence-corrected chi connectivity index (χ0v) is 20.7. The summed E-state index contributed by atoms with van der Waals surface area (Å²) in [5.41, 5.74) is 1.88. The van der Waals surface area contributed by atoms with Gasteiger partial charge in [-0.05, 0) is 66.7 Å². The van der Waals surface area contributed by atoms with E-state index in [9.17, 15) is 19.5 Å². The van der Waals surface area contributed by atoms with E-state index >= 15 is 0 Å². The van der Waals surface area contributed by atoms with Crippen LogP contribution in [0.3, 0.4) is 0 Å². The Bertz CT molecular complexity index is 1550. The van der Waals surface area contributed by atoms with Gasteiger partial charge in [-0.25, -0.2) is 4.79 Å².